The summed E-state index contributed by atoms with van der Waals surface area (Å²) in [6.07, 6.45) is 1.55. The summed E-state index contributed by atoms with van der Waals surface area (Å²) in [5, 5.41) is 10.2. The Balaban J connectivity index is 1.19. The minimum absolute atomic E-state index is 0.318. The molecule has 7 nitrogen and oxygen atoms in total. The largest absolute Gasteiger partial charge is 0.493 e. The minimum Gasteiger partial charge on any atom is -0.493 e. The molecule has 0 aliphatic carbocycles. The normalized spacial score (nSPS) is 10.8. The van der Waals surface area contributed by atoms with Crippen molar-refractivity contribution in [1.82, 2.24) is 10.4 Å². The number of nitrogens with one attached hydrogen (secondary N) is 2. The summed E-state index contributed by atoms with van der Waals surface area (Å²) in [5.74, 6) is 0.829. The van der Waals surface area contributed by atoms with Gasteiger partial charge in [-0.2, -0.15) is 5.10 Å². The fourth-order valence-electron chi connectivity index (χ4n) is 3.82. The van der Waals surface area contributed by atoms with E-state index in [1.807, 2.05) is 84.2 Å². The lowest BCUT2D eigenvalue weighted by molar-refractivity contribution is 0.0955. The van der Waals surface area contributed by atoms with Gasteiger partial charge in [0.2, 0.25) is 0 Å². The van der Waals surface area contributed by atoms with Crippen LogP contribution in [0.4, 0.5) is 10.8 Å². The van der Waals surface area contributed by atoms with E-state index in [0.29, 0.717) is 23.7 Å². The van der Waals surface area contributed by atoms with E-state index in [9.17, 15) is 4.79 Å². The Bertz CT molecular complexity index is 1610. The number of benzene rings is 4. The summed E-state index contributed by atoms with van der Waals surface area (Å²) >= 11 is 5.08. The zero-order valence-corrected chi connectivity index (χ0v) is 23.9. The molecule has 0 aliphatic heterocycles. The SMILES string of the molecule is COc1cc(/C=N\NC(=O)c2ccc(-c3csc(Nc4ccccc4)n3)cc2)cc(Br)c1OCc1ccccc1. The number of ether oxygens (including phenoxy) is 2. The van der Waals surface area contributed by atoms with Gasteiger partial charge < -0.3 is 14.8 Å². The first-order chi connectivity index (χ1) is 19.6. The fourth-order valence-corrected chi connectivity index (χ4v) is 5.13. The van der Waals surface area contributed by atoms with Gasteiger partial charge in [0, 0.05) is 22.2 Å². The zero-order chi connectivity index (χ0) is 27.7. The highest BCUT2D eigenvalue weighted by atomic mass is 79.9. The number of thiazole rings is 1. The molecule has 0 unspecified atom stereocenters. The molecule has 0 bridgehead atoms. The standard InChI is InChI=1S/C31H25BrN4O3S/c1-38-28-17-22(16-26(32)29(28)39-19-21-8-4-2-5-9-21)18-33-36-30(37)24-14-12-23(13-15-24)27-20-40-31(35-27)34-25-10-6-3-7-11-25/h2-18,20H,19H2,1H3,(H,34,35)(H,36,37)/b33-18-. The molecule has 2 N–H and O–H groups in total. The number of nitrogens with zero attached hydrogens (tertiary/aromatic N) is 2. The molecule has 200 valence electrons. The summed E-state index contributed by atoms with van der Waals surface area (Å²) in [7, 11) is 1.58. The summed E-state index contributed by atoms with van der Waals surface area (Å²) in [6, 6.07) is 30.7. The Hall–Kier alpha value is -4.47. The monoisotopic (exact) mass is 612 g/mol. The summed E-state index contributed by atoms with van der Waals surface area (Å²) in [6.45, 7) is 0.409. The van der Waals surface area contributed by atoms with Crippen molar-refractivity contribution >= 4 is 50.2 Å². The number of methoxy groups -OCH3 is 1. The van der Waals surface area contributed by atoms with Crippen molar-refractivity contribution in [2.45, 2.75) is 6.61 Å². The highest BCUT2D eigenvalue weighted by Gasteiger charge is 2.12. The van der Waals surface area contributed by atoms with Crippen molar-refractivity contribution in [3.63, 3.8) is 0 Å². The predicted octanol–water partition coefficient (Wildman–Crippen LogP) is 7.67. The smallest absolute Gasteiger partial charge is 0.271 e. The fraction of sp³-hybridized carbons (Fsp3) is 0.0645. The van der Waals surface area contributed by atoms with Gasteiger partial charge in [-0.1, -0.05) is 60.7 Å². The van der Waals surface area contributed by atoms with Gasteiger partial charge in [-0.05, 0) is 63.5 Å². The van der Waals surface area contributed by atoms with E-state index in [0.717, 1.165) is 37.7 Å². The average Bonchev–Trinajstić information content (AvgIpc) is 3.46. The highest BCUT2D eigenvalue weighted by Crippen LogP contribution is 2.37. The molecule has 40 heavy (non-hydrogen) atoms. The van der Waals surface area contributed by atoms with Crippen molar-refractivity contribution in [2.24, 2.45) is 5.10 Å². The Labute approximate surface area is 244 Å². The van der Waals surface area contributed by atoms with E-state index in [1.165, 1.54) is 11.3 Å². The number of hydrogen-bond donors (Lipinski definition) is 2. The second-order valence-corrected chi connectivity index (χ2v) is 10.3. The molecule has 1 amide bonds. The Morgan fingerprint density at radius 1 is 1.00 bits per heavy atom. The topological polar surface area (TPSA) is 84.8 Å². The van der Waals surface area contributed by atoms with Gasteiger partial charge in [-0.15, -0.1) is 11.3 Å². The van der Waals surface area contributed by atoms with Gasteiger partial charge in [0.15, 0.2) is 16.6 Å². The zero-order valence-electron chi connectivity index (χ0n) is 21.5. The minimum atomic E-state index is -0.318. The molecule has 0 radical (unpaired) electrons. The third-order valence-corrected chi connectivity index (χ3v) is 7.18. The van der Waals surface area contributed by atoms with Gasteiger partial charge in [0.05, 0.1) is 23.5 Å². The number of hydrazone groups is 1. The summed E-state index contributed by atoms with van der Waals surface area (Å²) < 4.78 is 12.2. The molecular weight excluding hydrogens is 588 g/mol. The molecule has 0 fully saturated rings. The Morgan fingerprint density at radius 2 is 1.73 bits per heavy atom. The van der Waals surface area contributed by atoms with E-state index < -0.39 is 0 Å². The molecule has 1 aromatic heterocycles. The number of halogens is 1. The molecule has 0 aliphatic rings. The molecular formula is C31H25BrN4O3S. The summed E-state index contributed by atoms with van der Waals surface area (Å²) in [4.78, 5) is 17.3. The average molecular weight is 614 g/mol. The number of hydrogen-bond acceptors (Lipinski definition) is 7. The Morgan fingerprint density at radius 3 is 2.45 bits per heavy atom. The maximum atomic E-state index is 12.7. The lowest BCUT2D eigenvalue weighted by Gasteiger charge is -2.13. The van der Waals surface area contributed by atoms with Crippen LogP contribution < -0.4 is 20.2 Å². The first-order valence-electron chi connectivity index (χ1n) is 12.3. The van der Waals surface area contributed by atoms with E-state index in [-0.39, 0.29) is 5.91 Å². The number of carbonyl (C=O) groups excluding carboxylic acids is 1. The van der Waals surface area contributed by atoms with Crippen LogP contribution in [0.2, 0.25) is 0 Å². The molecule has 0 saturated carbocycles. The van der Waals surface area contributed by atoms with Gasteiger partial charge in [-0.25, -0.2) is 10.4 Å². The molecule has 4 aromatic carbocycles. The number of carbonyl (C=O) groups is 1. The molecule has 0 saturated heterocycles. The van der Waals surface area contributed by atoms with Crippen LogP contribution >= 0.6 is 27.3 Å². The predicted molar refractivity (Wildman–Crippen MR) is 164 cm³/mol. The number of rotatable bonds is 10. The van der Waals surface area contributed by atoms with Crippen molar-refractivity contribution in [2.75, 3.05) is 12.4 Å². The van der Waals surface area contributed by atoms with Crippen LogP contribution in [0.3, 0.4) is 0 Å². The first-order valence-corrected chi connectivity index (χ1v) is 14.0. The molecule has 9 heteroatoms. The van der Waals surface area contributed by atoms with Gasteiger partial charge in [0.1, 0.15) is 6.61 Å². The van der Waals surface area contributed by atoms with Crippen molar-refractivity contribution < 1.29 is 14.3 Å². The quantitative estimate of drug-likeness (QED) is 0.125. The van der Waals surface area contributed by atoms with Crippen LogP contribution in [-0.4, -0.2) is 24.2 Å². The second-order valence-electron chi connectivity index (χ2n) is 8.61. The van der Waals surface area contributed by atoms with E-state index in [2.05, 4.69) is 36.8 Å². The van der Waals surface area contributed by atoms with Crippen LogP contribution in [-0.2, 0) is 6.61 Å². The van der Waals surface area contributed by atoms with Crippen LogP contribution in [0.15, 0.2) is 112 Å². The molecule has 1 heterocycles. The number of para-hydroxylation sites is 1. The number of aromatic nitrogens is 1. The van der Waals surface area contributed by atoms with Crippen molar-refractivity contribution in [3.05, 3.63) is 124 Å². The van der Waals surface area contributed by atoms with Crippen LogP contribution in [0, 0.1) is 0 Å². The van der Waals surface area contributed by atoms with Crippen LogP contribution in [0.1, 0.15) is 21.5 Å². The van der Waals surface area contributed by atoms with Gasteiger partial charge >= 0.3 is 0 Å². The van der Waals surface area contributed by atoms with Crippen LogP contribution in [0.25, 0.3) is 11.3 Å². The van der Waals surface area contributed by atoms with Gasteiger partial charge in [0.25, 0.3) is 5.91 Å². The summed E-state index contributed by atoms with van der Waals surface area (Å²) in [5.41, 5.74) is 7.58. The van der Waals surface area contributed by atoms with E-state index in [1.54, 1.807) is 31.5 Å². The second kappa shape index (κ2) is 13.1. The lowest BCUT2D eigenvalue weighted by atomic mass is 10.1. The van der Waals surface area contributed by atoms with Gasteiger partial charge in [-0.3, -0.25) is 4.79 Å². The maximum absolute atomic E-state index is 12.7. The highest BCUT2D eigenvalue weighted by molar-refractivity contribution is 9.10. The molecule has 5 aromatic rings. The molecule has 0 atom stereocenters. The third kappa shape index (κ3) is 6.93. The first kappa shape index (κ1) is 27.1. The third-order valence-electron chi connectivity index (χ3n) is 5.83. The van der Waals surface area contributed by atoms with E-state index >= 15 is 0 Å². The Kier molecular flexibility index (Phi) is 8.85. The molecule has 0 spiro atoms. The van der Waals surface area contributed by atoms with Crippen molar-refractivity contribution in [3.8, 4) is 22.8 Å². The van der Waals surface area contributed by atoms with Crippen molar-refractivity contribution in [1.29, 1.82) is 0 Å². The number of anilines is 2. The number of amides is 1. The molecule has 5 rings (SSSR count). The van der Waals surface area contributed by atoms with E-state index in [4.69, 9.17) is 9.47 Å². The lowest BCUT2D eigenvalue weighted by Crippen LogP contribution is -2.17. The maximum Gasteiger partial charge on any atom is 0.271 e. The van der Waals surface area contributed by atoms with Crippen LogP contribution in [0.5, 0.6) is 11.5 Å².